The number of ketones is 1. The number of furan rings is 2. The Hall–Kier alpha value is -4.06. The minimum atomic E-state index is -0.125. The van der Waals surface area contributed by atoms with Crippen LogP contribution in [0.2, 0.25) is 0 Å². The average molecular weight is 752 g/mol. The largest absolute Gasteiger partial charge is 0.512 e. The van der Waals surface area contributed by atoms with Crippen molar-refractivity contribution in [2.24, 2.45) is 0 Å². The number of carbonyl (C=O) groups excluding carboxylic acids is 1. The van der Waals surface area contributed by atoms with Crippen molar-refractivity contribution in [3.8, 4) is 22.6 Å². The Balaban J connectivity index is 0.000000475. The second kappa shape index (κ2) is 12.3. The quantitative estimate of drug-likeness (QED) is 0.110. The molecule has 6 nitrogen and oxygen atoms in total. The van der Waals surface area contributed by atoms with Crippen LogP contribution < -0.4 is 0 Å². The van der Waals surface area contributed by atoms with Gasteiger partial charge in [-0.2, -0.15) is 0 Å². The van der Waals surface area contributed by atoms with Gasteiger partial charge in [0.2, 0.25) is 5.71 Å². The zero-order valence-corrected chi connectivity index (χ0v) is 28.1. The fraction of sp³-hybridized carbons (Fsp3) is 0.250. The van der Waals surface area contributed by atoms with E-state index < -0.39 is 0 Å². The molecule has 0 unspecified atom stereocenters. The van der Waals surface area contributed by atoms with Gasteiger partial charge in [-0.05, 0) is 80.6 Å². The molecule has 4 aromatic heterocycles. The molecule has 6 rings (SSSR count). The van der Waals surface area contributed by atoms with E-state index in [9.17, 15) is 4.79 Å². The van der Waals surface area contributed by atoms with Crippen LogP contribution in [0, 0.1) is 26.8 Å². The molecule has 1 N–H and O–H groups in total. The van der Waals surface area contributed by atoms with E-state index in [2.05, 4.69) is 69.9 Å². The molecule has 0 saturated carbocycles. The first-order valence-corrected chi connectivity index (χ1v) is 13.9. The molecule has 0 saturated heterocycles. The first-order valence-electron chi connectivity index (χ1n) is 13.9. The van der Waals surface area contributed by atoms with Crippen molar-refractivity contribution in [3.63, 3.8) is 0 Å². The zero-order valence-electron chi connectivity index (χ0n) is 25.7. The van der Waals surface area contributed by atoms with Gasteiger partial charge in [-0.25, -0.2) is 4.98 Å². The van der Waals surface area contributed by atoms with Gasteiger partial charge in [0.1, 0.15) is 5.76 Å². The number of aliphatic hydroxyl groups excluding tert-OH is 1. The Labute approximate surface area is 265 Å². The zero-order chi connectivity index (χ0) is 30.3. The van der Waals surface area contributed by atoms with Gasteiger partial charge in [0.15, 0.2) is 11.4 Å². The van der Waals surface area contributed by atoms with Gasteiger partial charge in [-0.3, -0.25) is 4.79 Å². The van der Waals surface area contributed by atoms with E-state index in [0.717, 1.165) is 55.6 Å². The number of pyridine rings is 2. The molecule has 0 fully saturated rings. The van der Waals surface area contributed by atoms with Crippen LogP contribution in [0.25, 0.3) is 55.6 Å². The topological polar surface area (TPSA) is 89.4 Å². The molecule has 0 spiro atoms. The summed E-state index contributed by atoms with van der Waals surface area (Å²) >= 11 is 0. The van der Waals surface area contributed by atoms with Crippen LogP contribution >= 0.6 is 0 Å². The maximum Gasteiger partial charge on any atom is 0.216 e. The number of nitrogens with zero attached hydrogens (tertiary/aromatic N) is 2. The molecule has 0 bridgehead atoms. The van der Waals surface area contributed by atoms with E-state index in [4.69, 9.17) is 18.9 Å². The summed E-state index contributed by atoms with van der Waals surface area (Å²) in [6.07, 6.45) is 2.96. The van der Waals surface area contributed by atoms with Crippen LogP contribution in [0.5, 0.6) is 0 Å². The number of hydrogen-bond acceptors (Lipinski definition) is 6. The number of aromatic nitrogens is 2. The Bertz CT molecular complexity index is 1980. The number of fused-ring (bicyclic) bond motifs is 4. The van der Waals surface area contributed by atoms with Gasteiger partial charge < -0.3 is 18.9 Å². The van der Waals surface area contributed by atoms with Crippen LogP contribution in [-0.2, 0) is 30.3 Å². The Morgan fingerprint density at radius 1 is 0.953 bits per heavy atom. The summed E-state index contributed by atoms with van der Waals surface area (Å²) in [6, 6.07) is 20.0. The van der Waals surface area contributed by atoms with Crippen molar-refractivity contribution in [2.45, 2.75) is 60.8 Å². The van der Waals surface area contributed by atoms with E-state index in [0.29, 0.717) is 5.71 Å². The molecule has 1 radical (unpaired) electrons. The number of aryl methyl sites for hydroxylation is 3. The van der Waals surface area contributed by atoms with Crippen molar-refractivity contribution < 1.29 is 38.8 Å². The molecule has 0 atom stereocenters. The van der Waals surface area contributed by atoms with Gasteiger partial charge in [-0.1, -0.05) is 49.9 Å². The molecule has 7 heteroatoms. The summed E-state index contributed by atoms with van der Waals surface area (Å²) < 4.78 is 12.4. The standard InChI is InChI=1S/C31H27N2O2.C5H8O2.Ir/c1-17-12-21(31(4,5)6)13-18(2)28(17)26-15-20-14-25(32-16-27(20)34-26)24-9-7-8-22-23-11-10-19(3)33-30(23)35-29(22)24;1-4(6)3-5(2)7;/h7-8,10-16H,1-6H3;3,6H,1-2H3;/q-1;;/b;4-3-;. The van der Waals surface area contributed by atoms with E-state index in [-0.39, 0.29) is 37.1 Å². The number of hydrogen-bond donors (Lipinski definition) is 1. The molecule has 43 heavy (non-hydrogen) atoms. The minimum Gasteiger partial charge on any atom is -0.512 e. The number of allylic oxidation sites excluding steroid dienone is 2. The summed E-state index contributed by atoms with van der Waals surface area (Å²) in [7, 11) is 0. The molecule has 6 aromatic rings. The number of aliphatic hydroxyl groups is 1. The van der Waals surface area contributed by atoms with Gasteiger partial charge in [0.05, 0.1) is 17.5 Å². The number of benzene rings is 2. The van der Waals surface area contributed by atoms with Crippen molar-refractivity contribution in [1.29, 1.82) is 0 Å². The molecule has 0 amide bonds. The van der Waals surface area contributed by atoms with Gasteiger partial charge >= 0.3 is 0 Å². The first-order chi connectivity index (χ1) is 19.8. The first kappa shape index (κ1) is 31.9. The molecule has 223 valence electrons. The predicted octanol–water partition coefficient (Wildman–Crippen LogP) is 9.51. The smallest absolute Gasteiger partial charge is 0.216 e. The maximum absolute atomic E-state index is 10.0. The minimum absolute atomic E-state index is 0. The average Bonchev–Trinajstić information content (AvgIpc) is 3.47. The van der Waals surface area contributed by atoms with Gasteiger partial charge in [-0.15, -0.1) is 18.2 Å². The van der Waals surface area contributed by atoms with Crippen LogP contribution in [0.4, 0.5) is 0 Å². The molecular weight excluding hydrogens is 717 g/mol. The van der Waals surface area contributed by atoms with E-state index in [1.165, 1.54) is 36.6 Å². The summed E-state index contributed by atoms with van der Waals surface area (Å²) in [5.41, 5.74) is 9.69. The molecule has 0 aliphatic heterocycles. The van der Waals surface area contributed by atoms with Gasteiger partial charge in [0, 0.05) is 48.2 Å². The van der Waals surface area contributed by atoms with E-state index in [1.54, 1.807) is 6.20 Å². The van der Waals surface area contributed by atoms with Crippen molar-refractivity contribution in [2.75, 3.05) is 0 Å². The second-order valence-electron chi connectivity index (χ2n) is 11.9. The Morgan fingerprint density at radius 2 is 1.65 bits per heavy atom. The van der Waals surface area contributed by atoms with E-state index >= 15 is 0 Å². The van der Waals surface area contributed by atoms with Crippen LogP contribution in [-0.4, -0.2) is 20.9 Å². The van der Waals surface area contributed by atoms with Crippen LogP contribution in [0.15, 0.2) is 75.4 Å². The van der Waals surface area contributed by atoms with Crippen LogP contribution in [0.1, 0.15) is 57.0 Å². The van der Waals surface area contributed by atoms with Gasteiger partial charge in [0.25, 0.3) is 0 Å². The molecular formula is C36H35IrN2O4-. The molecule has 0 aliphatic carbocycles. The summed E-state index contributed by atoms with van der Waals surface area (Å²) in [4.78, 5) is 19.3. The third kappa shape index (κ3) is 6.64. The van der Waals surface area contributed by atoms with Crippen molar-refractivity contribution >= 4 is 38.8 Å². The normalized spacial score (nSPS) is 11.9. The fourth-order valence-electron chi connectivity index (χ4n) is 5.19. The number of carbonyl (C=O) groups is 1. The van der Waals surface area contributed by atoms with Crippen molar-refractivity contribution in [3.05, 3.63) is 95.0 Å². The second-order valence-corrected chi connectivity index (χ2v) is 11.9. The Morgan fingerprint density at radius 3 is 2.26 bits per heavy atom. The third-order valence-electron chi connectivity index (χ3n) is 7.16. The molecule has 2 aromatic carbocycles. The fourth-order valence-corrected chi connectivity index (χ4v) is 5.19. The van der Waals surface area contributed by atoms with Crippen molar-refractivity contribution in [1.82, 2.24) is 9.97 Å². The number of rotatable bonds is 3. The monoisotopic (exact) mass is 752 g/mol. The van der Waals surface area contributed by atoms with E-state index in [1.807, 2.05) is 31.2 Å². The predicted molar refractivity (Wildman–Crippen MR) is 169 cm³/mol. The molecule has 0 aliphatic rings. The summed E-state index contributed by atoms with van der Waals surface area (Å²) in [6.45, 7) is 15.8. The third-order valence-corrected chi connectivity index (χ3v) is 7.16. The molecule has 4 heterocycles. The maximum atomic E-state index is 10.0. The Kier molecular flexibility index (Phi) is 9.10. The van der Waals surface area contributed by atoms with Crippen LogP contribution in [0.3, 0.4) is 0 Å². The SMILES string of the molecule is CC(=O)/C=C(/C)O.Cc1ccc2c(n1)oc1c(-c3cc4cc(-c5c(C)cc(C(C)(C)C)cc5C)oc4cn3)[c-]ccc12.[Ir]. The summed E-state index contributed by atoms with van der Waals surface area (Å²) in [5, 5.41) is 11.4. The summed E-state index contributed by atoms with van der Waals surface area (Å²) in [5.74, 6) is 0.799.